The van der Waals surface area contributed by atoms with Crippen LogP contribution in [0.2, 0.25) is 0 Å². The van der Waals surface area contributed by atoms with Gasteiger partial charge in [0, 0.05) is 45.3 Å². The molecule has 116 valence electrons. The van der Waals surface area contributed by atoms with Crippen LogP contribution in [0.5, 0.6) is 0 Å². The van der Waals surface area contributed by atoms with Crippen molar-refractivity contribution in [1.29, 1.82) is 0 Å². The quantitative estimate of drug-likeness (QED) is 0.922. The molecule has 21 heavy (non-hydrogen) atoms. The first-order valence-corrected chi connectivity index (χ1v) is 7.61. The highest BCUT2D eigenvalue weighted by molar-refractivity contribution is 5.73. The Hall–Kier alpha value is -1.62. The molecule has 0 aliphatic carbocycles. The second kappa shape index (κ2) is 7.41. The van der Waals surface area contributed by atoms with Crippen molar-refractivity contribution < 1.29 is 9.18 Å². The first kappa shape index (κ1) is 15.8. The summed E-state index contributed by atoms with van der Waals surface area (Å²) >= 11 is 0. The van der Waals surface area contributed by atoms with E-state index in [9.17, 15) is 9.18 Å². The summed E-state index contributed by atoms with van der Waals surface area (Å²) in [6.45, 7) is 8.40. The highest BCUT2D eigenvalue weighted by Crippen LogP contribution is 2.23. The molecule has 1 aromatic rings. The van der Waals surface area contributed by atoms with E-state index in [0.29, 0.717) is 6.54 Å². The van der Waals surface area contributed by atoms with Gasteiger partial charge in [0.1, 0.15) is 5.82 Å². The Labute approximate surface area is 125 Å². The Kier molecular flexibility index (Phi) is 5.56. The van der Waals surface area contributed by atoms with Crippen molar-refractivity contribution in [1.82, 2.24) is 10.2 Å². The lowest BCUT2D eigenvalue weighted by Gasteiger charge is -2.26. The molecule has 5 heteroatoms. The molecule has 1 aliphatic rings. The second-order valence-corrected chi connectivity index (χ2v) is 5.40. The number of carbonyl (C=O) groups excluding carboxylic acids is 1. The Morgan fingerprint density at radius 3 is 2.81 bits per heavy atom. The minimum atomic E-state index is -0.202. The number of halogens is 1. The van der Waals surface area contributed by atoms with E-state index in [1.165, 1.54) is 6.07 Å². The molecule has 1 amide bonds. The average Bonchev–Trinajstić information content (AvgIpc) is 2.71. The van der Waals surface area contributed by atoms with Crippen LogP contribution in [-0.4, -0.2) is 43.5 Å². The third-order valence-electron chi connectivity index (χ3n) is 3.89. The fourth-order valence-corrected chi connectivity index (χ4v) is 2.74. The SMILES string of the molecule is CCNCc1cc(F)ccc1N1CCCN(C(C)=O)CC1. The number of nitrogens with zero attached hydrogens (tertiary/aromatic N) is 2. The molecule has 1 aliphatic heterocycles. The van der Waals surface area contributed by atoms with Crippen molar-refractivity contribution in [3.05, 3.63) is 29.6 Å². The zero-order valence-corrected chi connectivity index (χ0v) is 12.9. The Bertz CT molecular complexity index is 492. The first-order valence-electron chi connectivity index (χ1n) is 7.61. The fraction of sp³-hybridized carbons (Fsp3) is 0.562. The van der Waals surface area contributed by atoms with Crippen molar-refractivity contribution in [2.45, 2.75) is 26.8 Å². The maximum absolute atomic E-state index is 13.5. The van der Waals surface area contributed by atoms with E-state index in [4.69, 9.17) is 0 Å². The number of hydrogen-bond acceptors (Lipinski definition) is 3. The first-order chi connectivity index (χ1) is 10.1. The van der Waals surface area contributed by atoms with Gasteiger partial charge in [-0.15, -0.1) is 0 Å². The van der Waals surface area contributed by atoms with Crippen molar-refractivity contribution >= 4 is 11.6 Å². The molecule has 1 N–H and O–H groups in total. The van der Waals surface area contributed by atoms with Gasteiger partial charge in [0.05, 0.1) is 0 Å². The predicted octanol–water partition coefficient (Wildman–Crippen LogP) is 1.99. The molecule has 0 saturated carbocycles. The molecule has 2 rings (SSSR count). The van der Waals surface area contributed by atoms with Gasteiger partial charge in [-0.1, -0.05) is 6.92 Å². The highest BCUT2D eigenvalue weighted by atomic mass is 19.1. The molecule has 4 nitrogen and oxygen atoms in total. The van der Waals surface area contributed by atoms with Crippen molar-refractivity contribution in [3.63, 3.8) is 0 Å². The van der Waals surface area contributed by atoms with Crippen molar-refractivity contribution in [3.8, 4) is 0 Å². The van der Waals surface area contributed by atoms with E-state index in [1.54, 1.807) is 13.0 Å². The van der Waals surface area contributed by atoms with Crippen LogP contribution in [0, 0.1) is 5.82 Å². The van der Waals surface area contributed by atoms with Gasteiger partial charge in [0.25, 0.3) is 0 Å². The second-order valence-electron chi connectivity index (χ2n) is 5.40. The summed E-state index contributed by atoms with van der Waals surface area (Å²) in [5, 5.41) is 3.26. The summed E-state index contributed by atoms with van der Waals surface area (Å²) < 4.78 is 13.5. The van der Waals surface area contributed by atoms with Crippen LogP contribution in [0.15, 0.2) is 18.2 Å². The summed E-state index contributed by atoms with van der Waals surface area (Å²) in [5.41, 5.74) is 2.05. The van der Waals surface area contributed by atoms with Gasteiger partial charge >= 0.3 is 0 Å². The number of amides is 1. The monoisotopic (exact) mass is 293 g/mol. The zero-order valence-electron chi connectivity index (χ0n) is 12.9. The predicted molar refractivity (Wildman–Crippen MR) is 82.9 cm³/mol. The average molecular weight is 293 g/mol. The van der Waals surface area contributed by atoms with E-state index < -0.39 is 0 Å². The number of nitrogens with one attached hydrogen (secondary N) is 1. The molecule has 1 heterocycles. The normalized spacial score (nSPS) is 16.0. The van der Waals surface area contributed by atoms with E-state index in [1.807, 2.05) is 17.9 Å². The summed E-state index contributed by atoms with van der Waals surface area (Å²) in [4.78, 5) is 15.6. The summed E-state index contributed by atoms with van der Waals surface area (Å²) in [6, 6.07) is 4.97. The number of hydrogen-bond donors (Lipinski definition) is 1. The molecule has 0 atom stereocenters. The van der Waals surface area contributed by atoms with E-state index in [-0.39, 0.29) is 11.7 Å². The van der Waals surface area contributed by atoms with Gasteiger partial charge < -0.3 is 15.1 Å². The van der Waals surface area contributed by atoms with Gasteiger partial charge in [-0.25, -0.2) is 4.39 Å². The number of carbonyl (C=O) groups is 1. The largest absolute Gasteiger partial charge is 0.369 e. The molecular weight excluding hydrogens is 269 g/mol. The Balaban J connectivity index is 2.15. The van der Waals surface area contributed by atoms with Gasteiger partial charge in [-0.3, -0.25) is 4.79 Å². The Morgan fingerprint density at radius 1 is 1.29 bits per heavy atom. The van der Waals surface area contributed by atoms with Crippen LogP contribution in [-0.2, 0) is 11.3 Å². The van der Waals surface area contributed by atoms with E-state index in [2.05, 4.69) is 10.2 Å². The molecule has 1 aromatic carbocycles. The zero-order chi connectivity index (χ0) is 15.2. The molecule has 1 fully saturated rings. The van der Waals surface area contributed by atoms with Crippen LogP contribution in [0.3, 0.4) is 0 Å². The topological polar surface area (TPSA) is 35.6 Å². The van der Waals surface area contributed by atoms with Crippen molar-refractivity contribution in [2.75, 3.05) is 37.6 Å². The lowest BCUT2D eigenvalue weighted by molar-refractivity contribution is -0.128. The lowest BCUT2D eigenvalue weighted by atomic mass is 10.1. The van der Waals surface area contributed by atoms with E-state index >= 15 is 0 Å². The van der Waals surface area contributed by atoms with Crippen LogP contribution in [0.25, 0.3) is 0 Å². The molecule has 0 unspecified atom stereocenters. The number of benzene rings is 1. The van der Waals surface area contributed by atoms with Crippen LogP contribution < -0.4 is 10.2 Å². The number of rotatable bonds is 4. The van der Waals surface area contributed by atoms with Gasteiger partial charge in [0.15, 0.2) is 0 Å². The fourth-order valence-electron chi connectivity index (χ4n) is 2.74. The number of anilines is 1. The molecule has 0 aromatic heterocycles. The summed E-state index contributed by atoms with van der Waals surface area (Å²) in [7, 11) is 0. The minimum absolute atomic E-state index is 0.129. The third kappa shape index (κ3) is 4.17. The third-order valence-corrected chi connectivity index (χ3v) is 3.89. The van der Waals surface area contributed by atoms with Crippen molar-refractivity contribution in [2.24, 2.45) is 0 Å². The maximum atomic E-state index is 13.5. The van der Waals surface area contributed by atoms with E-state index in [0.717, 1.165) is 50.4 Å². The summed E-state index contributed by atoms with van der Waals surface area (Å²) in [5.74, 6) is -0.0735. The molecule has 0 bridgehead atoms. The van der Waals surface area contributed by atoms with Gasteiger partial charge in [0.2, 0.25) is 5.91 Å². The summed E-state index contributed by atoms with van der Waals surface area (Å²) in [6.07, 6.45) is 0.942. The van der Waals surface area contributed by atoms with Crippen LogP contribution in [0.1, 0.15) is 25.8 Å². The maximum Gasteiger partial charge on any atom is 0.219 e. The molecule has 0 spiro atoms. The molecule has 0 radical (unpaired) electrons. The lowest BCUT2D eigenvalue weighted by Crippen LogP contribution is -2.34. The van der Waals surface area contributed by atoms with Crippen LogP contribution in [0.4, 0.5) is 10.1 Å². The molecule has 1 saturated heterocycles. The van der Waals surface area contributed by atoms with Gasteiger partial charge in [-0.05, 0) is 36.7 Å². The van der Waals surface area contributed by atoms with Gasteiger partial charge in [-0.2, -0.15) is 0 Å². The molecular formula is C16H24FN3O. The van der Waals surface area contributed by atoms with Crippen LogP contribution >= 0.6 is 0 Å². The minimum Gasteiger partial charge on any atom is -0.369 e. The smallest absolute Gasteiger partial charge is 0.219 e. The standard InChI is InChI=1S/C16H24FN3O/c1-3-18-12-14-11-15(17)5-6-16(14)20-8-4-7-19(9-10-20)13(2)21/h5-6,11,18H,3-4,7-10,12H2,1-2H3. The highest BCUT2D eigenvalue weighted by Gasteiger charge is 2.18. The Morgan fingerprint density at radius 2 is 2.10 bits per heavy atom.